The van der Waals surface area contributed by atoms with E-state index in [0.717, 1.165) is 11.1 Å². The number of amides is 1. The molecule has 0 aliphatic carbocycles. The summed E-state index contributed by atoms with van der Waals surface area (Å²) in [6.07, 6.45) is 3.38. The zero-order chi connectivity index (χ0) is 14.8. The molecule has 7 heteroatoms. The highest BCUT2D eigenvalue weighted by molar-refractivity contribution is 5.84. The molecule has 21 heavy (non-hydrogen) atoms. The summed E-state index contributed by atoms with van der Waals surface area (Å²) in [4.78, 5) is 25.2. The van der Waals surface area contributed by atoms with E-state index in [1.165, 1.54) is 15.8 Å². The molecule has 1 aromatic carbocycles. The van der Waals surface area contributed by atoms with Crippen LogP contribution in [-0.2, 0) is 29.1 Å². The number of carboxylic acid groups (broad SMARTS) is 1. The van der Waals surface area contributed by atoms with E-state index >= 15 is 0 Å². The lowest BCUT2D eigenvalue weighted by Gasteiger charge is -2.34. The third-order valence-corrected chi connectivity index (χ3v) is 3.62. The molecule has 0 saturated carbocycles. The van der Waals surface area contributed by atoms with Crippen molar-refractivity contribution in [3.05, 3.63) is 47.8 Å². The fraction of sp³-hybridized carbons (Fsp3) is 0.286. The molecule has 0 radical (unpaired) electrons. The van der Waals surface area contributed by atoms with Gasteiger partial charge in [0, 0.05) is 19.2 Å². The molecule has 3 rings (SSSR count). The standard InChI is InChI=1S/C14H14N4O3/c19-13(9-17-6-5-15-16-17)18-8-11-4-2-1-3-10(11)7-12(18)14(20)21/h1-6,12H,7-9H2,(H,20,21). The second-order valence-corrected chi connectivity index (χ2v) is 4.95. The second kappa shape index (κ2) is 5.35. The van der Waals surface area contributed by atoms with E-state index in [9.17, 15) is 14.7 Å². The van der Waals surface area contributed by atoms with Gasteiger partial charge in [0.15, 0.2) is 0 Å². The van der Waals surface area contributed by atoms with E-state index in [1.54, 1.807) is 6.20 Å². The van der Waals surface area contributed by atoms with Gasteiger partial charge >= 0.3 is 5.97 Å². The Morgan fingerprint density at radius 1 is 1.29 bits per heavy atom. The van der Waals surface area contributed by atoms with Crippen LogP contribution in [0.25, 0.3) is 0 Å². The summed E-state index contributed by atoms with van der Waals surface area (Å²) < 4.78 is 1.39. The predicted molar refractivity (Wildman–Crippen MR) is 72.1 cm³/mol. The first-order chi connectivity index (χ1) is 10.1. The van der Waals surface area contributed by atoms with Crippen LogP contribution in [0.2, 0.25) is 0 Å². The molecule has 0 bridgehead atoms. The first kappa shape index (κ1) is 13.3. The number of carbonyl (C=O) groups excluding carboxylic acids is 1. The van der Waals surface area contributed by atoms with Crippen molar-refractivity contribution >= 4 is 11.9 Å². The van der Waals surface area contributed by atoms with Crippen molar-refractivity contribution in [2.75, 3.05) is 0 Å². The third kappa shape index (κ3) is 2.62. The molecule has 1 aromatic heterocycles. The van der Waals surface area contributed by atoms with Gasteiger partial charge in [-0.1, -0.05) is 29.5 Å². The van der Waals surface area contributed by atoms with E-state index < -0.39 is 12.0 Å². The van der Waals surface area contributed by atoms with Crippen LogP contribution in [0.15, 0.2) is 36.7 Å². The molecule has 0 spiro atoms. The Balaban J connectivity index is 1.85. The molecule has 0 saturated heterocycles. The van der Waals surface area contributed by atoms with E-state index in [2.05, 4.69) is 10.3 Å². The number of carboxylic acids is 1. The lowest BCUT2D eigenvalue weighted by molar-refractivity contribution is -0.151. The molecule has 2 aromatic rings. The summed E-state index contributed by atoms with van der Waals surface area (Å²) >= 11 is 0. The molecule has 2 heterocycles. The summed E-state index contributed by atoms with van der Waals surface area (Å²) in [7, 11) is 0. The van der Waals surface area contributed by atoms with Crippen LogP contribution in [0.4, 0.5) is 0 Å². The molecule has 7 nitrogen and oxygen atoms in total. The number of carbonyl (C=O) groups is 2. The molecular weight excluding hydrogens is 272 g/mol. The minimum Gasteiger partial charge on any atom is -0.480 e. The maximum atomic E-state index is 12.4. The summed E-state index contributed by atoms with van der Waals surface area (Å²) in [5.74, 6) is -1.26. The number of hydrogen-bond acceptors (Lipinski definition) is 4. The van der Waals surface area contributed by atoms with Gasteiger partial charge in [0.1, 0.15) is 12.6 Å². The molecular formula is C14H14N4O3. The number of aliphatic carboxylic acids is 1. The van der Waals surface area contributed by atoms with Crippen LogP contribution >= 0.6 is 0 Å². The molecule has 1 atom stereocenters. The highest BCUT2D eigenvalue weighted by Crippen LogP contribution is 2.23. The average molecular weight is 286 g/mol. The number of rotatable bonds is 3. The highest BCUT2D eigenvalue weighted by Gasteiger charge is 2.34. The molecule has 1 amide bonds. The first-order valence-electron chi connectivity index (χ1n) is 6.58. The van der Waals surface area contributed by atoms with Gasteiger partial charge in [-0.3, -0.25) is 4.79 Å². The van der Waals surface area contributed by atoms with Crippen molar-refractivity contribution in [2.45, 2.75) is 25.6 Å². The van der Waals surface area contributed by atoms with Crippen molar-refractivity contribution in [1.82, 2.24) is 19.9 Å². The second-order valence-electron chi connectivity index (χ2n) is 4.95. The van der Waals surface area contributed by atoms with Gasteiger partial charge in [0.2, 0.25) is 5.91 Å². The molecule has 1 unspecified atom stereocenters. The fourth-order valence-electron chi connectivity index (χ4n) is 2.55. The van der Waals surface area contributed by atoms with E-state index in [1.807, 2.05) is 24.3 Å². The highest BCUT2D eigenvalue weighted by atomic mass is 16.4. The molecule has 0 fully saturated rings. The van der Waals surface area contributed by atoms with Crippen LogP contribution in [0.1, 0.15) is 11.1 Å². The summed E-state index contributed by atoms with van der Waals surface area (Å²) in [5, 5.41) is 16.8. The fourth-order valence-corrected chi connectivity index (χ4v) is 2.55. The number of hydrogen-bond donors (Lipinski definition) is 1. The number of benzene rings is 1. The Labute approximate surface area is 120 Å². The predicted octanol–water partition coefficient (Wildman–Crippen LogP) is 0.316. The first-order valence-corrected chi connectivity index (χ1v) is 6.58. The van der Waals surface area contributed by atoms with Crippen LogP contribution in [-0.4, -0.2) is 42.9 Å². The van der Waals surface area contributed by atoms with Gasteiger partial charge in [0.25, 0.3) is 0 Å². The van der Waals surface area contributed by atoms with Gasteiger partial charge in [-0.25, -0.2) is 9.48 Å². The van der Waals surface area contributed by atoms with Gasteiger partial charge in [-0.2, -0.15) is 0 Å². The normalized spacial score (nSPS) is 17.3. The molecule has 108 valence electrons. The van der Waals surface area contributed by atoms with Gasteiger partial charge in [0.05, 0.1) is 6.20 Å². The Bertz CT molecular complexity index is 669. The SMILES string of the molecule is O=C(O)C1Cc2ccccc2CN1C(=O)Cn1ccnn1. The van der Waals surface area contributed by atoms with Crippen molar-refractivity contribution in [1.29, 1.82) is 0 Å². The monoisotopic (exact) mass is 286 g/mol. The van der Waals surface area contributed by atoms with Crippen molar-refractivity contribution in [3.8, 4) is 0 Å². The van der Waals surface area contributed by atoms with E-state index in [-0.39, 0.29) is 12.5 Å². The van der Waals surface area contributed by atoms with Crippen LogP contribution in [0.5, 0.6) is 0 Å². The Morgan fingerprint density at radius 3 is 2.71 bits per heavy atom. The average Bonchev–Trinajstić information content (AvgIpc) is 2.98. The molecule has 1 aliphatic heterocycles. The maximum absolute atomic E-state index is 12.4. The molecule has 1 aliphatic rings. The Kier molecular flexibility index (Phi) is 3.39. The smallest absolute Gasteiger partial charge is 0.326 e. The lowest BCUT2D eigenvalue weighted by Crippen LogP contribution is -2.49. The Hall–Kier alpha value is -2.70. The van der Waals surface area contributed by atoms with Crippen LogP contribution in [0.3, 0.4) is 0 Å². The summed E-state index contributed by atoms with van der Waals surface area (Å²) in [5.41, 5.74) is 1.97. The van der Waals surface area contributed by atoms with Crippen LogP contribution < -0.4 is 0 Å². The van der Waals surface area contributed by atoms with Crippen LogP contribution in [0, 0.1) is 0 Å². The summed E-state index contributed by atoms with van der Waals surface area (Å²) in [6, 6.07) is 6.76. The lowest BCUT2D eigenvalue weighted by atomic mass is 9.94. The largest absolute Gasteiger partial charge is 0.480 e. The number of aromatic nitrogens is 3. The number of fused-ring (bicyclic) bond motifs is 1. The Morgan fingerprint density at radius 2 is 2.05 bits per heavy atom. The van der Waals surface area contributed by atoms with Gasteiger partial charge < -0.3 is 10.0 Å². The number of nitrogens with zero attached hydrogens (tertiary/aromatic N) is 4. The minimum atomic E-state index is -0.989. The quantitative estimate of drug-likeness (QED) is 0.877. The van der Waals surface area contributed by atoms with Crippen molar-refractivity contribution in [2.24, 2.45) is 0 Å². The minimum absolute atomic E-state index is 0.00799. The third-order valence-electron chi connectivity index (χ3n) is 3.62. The molecule has 1 N–H and O–H groups in total. The topological polar surface area (TPSA) is 88.3 Å². The van der Waals surface area contributed by atoms with Gasteiger partial charge in [-0.15, -0.1) is 5.10 Å². The van der Waals surface area contributed by atoms with E-state index in [0.29, 0.717) is 13.0 Å². The summed E-state index contributed by atoms with van der Waals surface area (Å²) in [6.45, 7) is 0.298. The zero-order valence-electron chi connectivity index (χ0n) is 11.2. The van der Waals surface area contributed by atoms with Crippen molar-refractivity contribution < 1.29 is 14.7 Å². The van der Waals surface area contributed by atoms with E-state index in [4.69, 9.17) is 0 Å². The maximum Gasteiger partial charge on any atom is 0.326 e. The van der Waals surface area contributed by atoms with Gasteiger partial charge in [-0.05, 0) is 11.1 Å². The van der Waals surface area contributed by atoms with Crippen molar-refractivity contribution in [3.63, 3.8) is 0 Å². The zero-order valence-corrected chi connectivity index (χ0v) is 11.2.